The molecular weight excluding hydrogens is 166 g/mol. The molecule has 1 atom stereocenters. The summed E-state index contributed by atoms with van der Waals surface area (Å²) in [6.07, 6.45) is 2.99. The summed E-state index contributed by atoms with van der Waals surface area (Å²) >= 11 is 0. The molecule has 3 heteroatoms. The number of unbranched alkanes of at least 4 members (excludes halogenated alkanes) is 1. The Morgan fingerprint density at radius 1 is 1.54 bits per heavy atom. The van der Waals surface area contributed by atoms with Crippen LogP contribution in [0.15, 0.2) is 12.2 Å². The second kappa shape index (κ2) is 5.75. The maximum Gasteiger partial charge on any atom is 0.332 e. The number of hydrogen-bond acceptors (Lipinski definition) is 2. The molecule has 0 aliphatic carbocycles. The Hall–Kier alpha value is -0.830. The molecule has 76 valence electrons. The minimum Gasteiger partial charge on any atom is -0.478 e. The molecule has 0 aliphatic heterocycles. The fourth-order valence-corrected chi connectivity index (χ4v) is 1.28. The van der Waals surface area contributed by atoms with Crippen molar-refractivity contribution >= 4 is 5.97 Å². The highest BCUT2D eigenvalue weighted by atomic mass is 16.4. The number of carbonyl (C=O) groups is 1. The van der Waals surface area contributed by atoms with Gasteiger partial charge in [-0.2, -0.15) is 0 Å². The van der Waals surface area contributed by atoms with Gasteiger partial charge in [0.05, 0.1) is 0 Å². The van der Waals surface area contributed by atoms with Crippen molar-refractivity contribution in [3.8, 4) is 0 Å². The highest BCUT2D eigenvalue weighted by Gasteiger charge is 2.19. The van der Waals surface area contributed by atoms with Crippen LogP contribution >= 0.6 is 0 Å². The Kier molecular flexibility index (Phi) is 5.39. The SMILES string of the molecule is C=C(C(=O)O)C(CCCC)N(C)C. The van der Waals surface area contributed by atoms with Gasteiger partial charge < -0.3 is 10.0 Å². The number of carboxylic acid groups (broad SMARTS) is 1. The smallest absolute Gasteiger partial charge is 0.332 e. The summed E-state index contributed by atoms with van der Waals surface area (Å²) < 4.78 is 0. The zero-order chi connectivity index (χ0) is 10.4. The van der Waals surface area contributed by atoms with E-state index in [4.69, 9.17) is 5.11 Å². The standard InChI is InChI=1S/C10H19NO2/c1-5-6-7-9(11(3)4)8(2)10(12)13/h9H,2,5-7H2,1,3-4H3,(H,12,13). The first kappa shape index (κ1) is 12.2. The van der Waals surface area contributed by atoms with Crippen molar-refractivity contribution < 1.29 is 9.90 Å². The second-order valence-corrected chi connectivity index (χ2v) is 3.45. The van der Waals surface area contributed by atoms with Crippen LogP contribution in [-0.4, -0.2) is 36.1 Å². The van der Waals surface area contributed by atoms with Crippen molar-refractivity contribution in [1.29, 1.82) is 0 Å². The van der Waals surface area contributed by atoms with Crippen LogP contribution < -0.4 is 0 Å². The third kappa shape index (κ3) is 4.08. The van der Waals surface area contributed by atoms with Crippen molar-refractivity contribution in [3.63, 3.8) is 0 Å². The van der Waals surface area contributed by atoms with E-state index >= 15 is 0 Å². The number of carboxylic acids is 1. The highest BCUT2D eigenvalue weighted by Crippen LogP contribution is 2.13. The molecule has 0 saturated carbocycles. The fraction of sp³-hybridized carbons (Fsp3) is 0.700. The zero-order valence-electron chi connectivity index (χ0n) is 8.71. The third-order valence-electron chi connectivity index (χ3n) is 2.13. The fourth-order valence-electron chi connectivity index (χ4n) is 1.28. The lowest BCUT2D eigenvalue weighted by atomic mass is 10.0. The number of likely N-dealkylation sites (N-methyl/N-ethyl adjacent to an activating group) is 1. The Labute approximate surface area is 80.0 Å². The van der Waals surface area contributed by atoms with Gasteiger partial charge in [0, 0.05) is 11.6 Å². The van der Waals surface area contributed by atoms with Gasteiger partial charge in [-0.05, 0) is 20.5 Å². The zero-order valence-corrected chi connectivity index (χ0v) is 8.71. The number of hydrogen-bond donors (Lipinski definition) is 1. The molecule has 1 N–H and O–H groups in total. The van der Waals surface area contributed by atoms with Crippen LogP contribution in [0.4, 0.5) is 0 Å². The Morgan fingerprint density at radius 3 is 2.38 bits per heavy atom. The monoisotopic (exact) mass is 185 g/mol. The average molecular weight is 185 g/mol. The summed E-state index contributed by atoms with van der Waals surface area (Å²) in [6.45, 7) is 5.68. The molecule has 0 saturated heterocycles. The van der Waals surface area contributed by atoms with Crippen LogP contribution in [0.5, 0.6) is 0 Å². The molecule has 3 nitrogen and oxygen atoms in total. The summed E-state index contributed by atoms with van der Waals surface area (Å²) in [4.78, 5) is 12.6. The third-order valence-corrected chi connectivity index (χ3v) is 2.13. The van der Waals surface area contributed by atoms with Crippen LogP contribution in [0.2, 0.25) is 0 Å². The Balaban J connectivity index is 4.24. The Bertz CT molecular complexity index is 187. The van der Waals surface area contributed by atoms with E-state index in [1.807, 2.05) is 19.0 Å². The molecule has 0 bridgehead atoms. The maximum atomic E-state index is 10.7. The van der Waals surface area contributed by atoms with E-state index in [1.54, 1.807) is 0 Å². The average Bonchev–Trinajstić information content (AvgIpc) is 2.04. The predicted molar refractivity (Wildman–Crippen MR) is 53.8 cm³/mol. The molecule has 1 unspecified atom stereocenters. The first-order valence-electron chi connectivity index (χ1n) is 4.59. The van der Waals surface area contributed by atoms with E-state index in [-0.39, 0.29) is 6.04 Å². The lowest BCUT2D eigenvalue weighted by Crippen LogP contribution is -2.32. The number of rotatable bonds is 6. The van der Waals surface area contributed by atoms with Crippen molar-refractivity contribution in [2.75, 3.05) is 14.1 Å². The molecule has 0 spiro atoms. The van der Waals surface area contributed by atoms with Crippen molar-refractivity contribution in [2.24, 2.45) is 0 Å². The minimum absolute atomic E-state index is 0.0301. The van der Waals surface area contributed by atoms with E-state index in [0.717, 1.165) is 19.3 Å². The summed E-state index contributed by atoms with van der Waals surface area (Å²) in [5, 5.41) is 8.77. The molecule has 0 fully saturated rings. The summed E-state index contributed by atoms with van der Waals surface area (Å²) in [5.74, 6) is -0.894. The van der Waals surface area contributed by atoms with Gasteiger partial charge in [-0.25, -0.2) is 4.79 Å². The van der Waals surface area contributed by atoms with Gasteiger partial charge in [-0.1, -0.05) is 26.3 Å². The van der Waals surface area contributed by atoms with E-state index in [2.05, 4.69) is 13.5 Å². The molecule has 0 amide bonds. The van der Waals surface area contributed by atoms with Crippen LogP contribution in [0.1, 0.15) is 26.2 Å². The minimum atomic E-state index is -0.894. The van der Waals surface area contributed by atoms with Crippen LogP contribution in [0, 0.1) is 0 Å². The van der Waals surface area contributed by atoms with Gasteiger partial charge in [-0.3, -0.25) is 0 Å². The maximum absolute atomic E-state index is 10.7. The van der Waals surface area contributed by atoms with E-state index in [9.17, 15) is 4.79 Å². The van der Waals surface area contributed by atoms with Gasteiger partial charge in [0.15, 0.2) is 0 Å². The van der Waals surface area contributed by atoms with E-state index in [0.29, 0.717) is 5.57 Å². The first-order valence-corrected chi connectivity index (χ1v) is 4.59. The number of aliphatic carboxylic acids is 1. The lowest BCUT2D eigenvalue weighted by Gasteiger charge is -2.23. The topological polar surface area (TPSA) is 40.5 Å². The number of nitrogens with zero attached hydrogens (tertiary/aromatic N) is 1. The van der Waals surface area contributed by atoms with Crippen molar-refractivity contribution in [3.05, 3.63) is 12.2 Å². The molecule has 0 aliphatic rings. The molecule has 0 rings (SSSR count). The Morgan fingerprint density at radius 2 is 2.08 bits per heavy atom. The largest absolute Gasteiger partial charge is 0.478 e. The summed E-state index contributed by atoms with van der Waals surface area (Å²) in [6, 6.07) is -0.0301. The van der Waals surface area contributed by atoms with Gasteiger partial charge >= 0.3 is 5.97 Å². The molecule has 13 heavy (non-hydrogen) atoms. The van der Waals surface area contributed by atoms with Gasteiger partial charge in [0.1, 0.15) is 0 Å². The second-order valence-electron chi connectivity index (χ2n) is 3.45. The normalized spacial score (nSPS) is 12.9. The quantitative estimate of drug-likeness (QED) is 0.641. The van der Waals surface area contributed by atoms with Crippen LogP contribution in [0.25, 0.3) is 0 Å². The summed E-state index contributed by atoms with van der Waals surface area (Å²) in [5.41, 5.74) is 0.290. The van der Waals surface area contributed by atoms with Gasteiger partial charge in [0.25, 0.3) is 0 Å². The lowest BCUT2D eigenvalue weighted by molar-refractivity contribution is -0.133. The molecule has 0 aromatic rings. The van der Waals surface area contributed by atoms with Crippen molar-refractivity contribution in [1.82, 2.24) is 4.90 Å². The van der Waals surface area contributed by atoms with E-state index < -0.39 is 5.97 Å². The molecule has 0 aromatic heterocycles. The highest BCUT2D eigenvalue weighted by molar-refractivity contribution is 5.87. The first-order chi connectivity index (χ1) is 6.00. The van der Waals surface area contributed by atoms with Crippen LogP contribution in [0.3, 0.4) is 0 Å². The predicted octanol–water partition coefficient (Wildman–Crippen LogP) is 1.75. The van der Waals surface area contributed by atoms with Crippen LogP contribution in [-0.2, 0) is 4.79 Å². The molecule has 0 heterocycles. The van der Waals surface area contributed by atoms with Gasteiger partial charge in [-0.15, -0.1) is 0 Å². The molecule has 0 aromatic carbocycles. The van der Waals surface area contributed by atoms with Crippen molar-refractivity contribution in [2.45, 2.75) is 32.2 Å². The van der Waals surface area contributed by atoms with E-state index in [1.165, 1.54) is 0 Å². The molecule has 0 radical (unpaired) electrons. The molecular formula is C10H19NO2. The summed E-state index contributed by atoms with van der Waals surface area (Å²) in [7, 11) is 3.77. The van der Waals surface area contributed by atoms with Gasteiger partial charge in [0.2, 0.25) is 0 Å².